The molecular weight excluding hydrogens is 288 g/mol. The summed E-state index contributed by atoms with van der Waals surface area (Å²) < 4.78 is 7.26. The van der Waals surface area contributed by atoms with Crippen LogP contribution in [0, 0.1) is 0 Å². The van der Waals surface area contributed by atoms with Crippen LogP contribution in [0.4, 0.5) is 0 Å². The highest BCUT2D eigenvalue weighted by atomic mass is 32.2. The Balaban J connectivity index is 2.16. The summed E-state index contributed by atoms with van der Waals surface area (Å²) in [6.45, 7) is -0.299. The number of nitrogens with zero attached hydrogens (tertiary/aromatic N) is 4. The molecule has 0 radical (unpaired) electrons. The Hall–Kier alpha value is -1.45. The number of esters is 1. The van der Waals surface area contributed by atoms with Crippen LogP contribution in [0.1, 0.15) is 0 Å². The zero-order valence-electron chi connectivity index (χ0n) is 10.1. The van der Waals surface area contributed by atoms with Crippen LogP contribution in [0.25, 0.3) is 11.4 Å². The molecule has 0 saturated carbocycles. The second kappa shape index (κ2) is 6.64. The Bertz CT molecular complexity index is 554. The number of thiophene rings is 1. The van der Waals surface area contributed by atoms with Crippen molar-refractivity contribution in [2.75, 3.05) is 19.5 Å². The molecule has 0 aliphatic rings. The minimum absolute atomic E-state index is 0.0230. The van der Waals surface area contributed by atoms with Crippen molar-refractivity contribution in [3.05, 3.63) is 11.4 Å². The predicted octanol–water partition coefficient (Wildman–Crippen LogP) is 0.659. The maximum Gasteiger partial charge on any atom is 0.328 e. The maximum atomic E-state index is 11.5. The van der Waals surface area contributed by atoms with Gasteiger partial charge in [0, 0.05) is 5.56 Å². The third kappa shape index (κ3) is 3.31. The topological polar surface area (TPSA) is 90.1 Å². The van der Waals surface area contributed by atoms with Crippen molar-refractivity contribution in [2.24, 2.45) is 0 Å². The van der Waals surface area contributed by atoms with E-state index in [0.29, 0.717) is 5.82 Å². The van der Waals surface area contributed by atoms with Crippen LogP contribution >= 0.6 is 23.1 Å². The Morgan fingerprint density at radius 1 is 1.63 bits per heavy atom. The standard InChI is InChI=1S/C10H12N4O3S2/c1-18-10-7(2-5-19-10)9-11-12-13-14(9)6-8(16)17-4-3-15/h2,5,15H,3-4,6H2,1H3. The van der Waals surface area contributed by atoms with Crippen molar-refractivity contribution in [2.45, 2.75) is 10.8 Å². The summed E-state index contributed by atoms with van der Waals surface area (Å²) in [5, 5.41) is 21.8. The molecule has 2 aromatic rings. The van der Waals surface area contributed by atoms with Crippen molar-refractivity contribution in [3.8, 4) is 11.4 Å². The van der Waals surface area contributed by atoms with Crippen LogP contribution in [0.15, 0.2) is 15.7 Å². The number of carbonyl (C=O) groups excluding carboxylic acids is 1. The molecule has 0 bridgehead atoms. The minimum Gasteiger partial charge on any atom is -0.462 e. The van der Waals surface area contributed by atoms with Gasteiger partial charge < -0.3 is 9.84 Å². The van der Waals surface area contributed by atoms with E-state index in [4.69, 9.17) is 9.84 Å². The van der Waals surface area contributed by atoms with E-state index in [1.165, 1.54) is 4.68 Å². The Morgan fingerprint density at radius 3 is 3.21 bits per heavy atom. The Kier molecular flexibility index (Phi) is 4.88. The highest BCUT2D eigenvalue weighted by Gasteiger charge is 2.16. The third-order valence-electron chi connectivity index (χ3n) is 2.22. The predicted molar refractivity (Wildman–Crippen MR) is 71.0 cm³/mol. The molecular formula is C10H12N4O3S2. The molecule has 0 aromatic carbocycles. The van der Waals surface area contributed by atoms with Gasteiger partial charge in [0.2, 0.25) is 0 Å². The Morgan fingerprint density at radius 2 is 2.47 bits per heavy atom. The number of ether oxygens (including phenoxy) is 1. The van der Waals surface area contributed by atoms with E-state index in [2.05, 4.69) is 15.5 Å². The zero-order valence-corrected chi connectivity index (χ0v) is 11.8. The van der Waals surface area contributed by atoms with Gasteiger partial charge in [-0.3, -0.25) is 4.79 Å². The van der Waals surface area contributed by atoms with Crippen LogP contribution in [0.3, 0.4) is 0 Å². The van der Waals surface area contributed by atoms with Gasteiger partial charge in [-0.05, 0) is 28.1 Å². The number of aliphatic hydroxyl groups excluding tert-OH is 1. The van der Waals surface area contributed by atoms with Gasteiger partial charge in [-0.15, -0.1) is 28.2 Å². The van der Waals surface area contributed by atoms with E-state index in [1.54, 1.807) is 23.1 Å². The molecule has 2 aromatic heterocycles. The molecule has 7 nitrogen and oxygen atoms in total. The summed E-state index contributed by atoms with van der Waals surface area (Å²) in [6.07, 6.45) is 1.97. The number of carbonyl (C=O) groups is 1. The van der Waals surface area contributed by atoms with Crippen molar-refractivity contribution >= 4 is 29.1 Å². The molecule has 0 amide bonds. The van der Waals surface area contributed by atoms with E-state index in [9.17, 15) is 4.79 Å². The number of aromatic nitrogens is 4. The molecule has 0 spiro atoms. The van der Waals surface area contributed by atoms with Gasteiger partial charge in [0.05, 0.1) is 10.8 Å². The van der Waals surface area contributed by atoms with Crippen LogP contribution in [0.5, 0.6) is 0 Å². The van der Waals surface area contributed by atoms with Gasteiger partial charge in [-0.1, -0.05) is 0 Å². The first kappa shape index (κ1) is 14.0. The molecule has 0 saturated heterocycles. The van der Waals surface area contributed by atoms with E-state index in [1.807, 2.05) is 17.7 Å². The van der Waals surface area contributed by atoms with Crippen LogP contribution in [-0.2, 0) is 16.1 Å². The lowest BCUT2D eigenvalue weighted by atomic mass is 10.3. The summed E-state index contributed by atoms with van der Waals surface area (Å²) in [5.41, 5.74) is 0.900. The minimum atomic E-state index is -0.483. The molecule has 2 heterocycles. The fourth-order valence-corrected chi connectivity index (χ4v) is 3.00. The first-order valence-electron chi connectivity index (χ1n) is 5.40. The van der Waals surface area contributed by atoms with Crippen molar-refractivity contribution < 1.29 is 14.6 Å². The lowest BCUT2D eigenvalue weighted by molar-refractivity contribution is -0.145. The lowest BCUT2D eigenvalue weighted by Crippen LogP contribution is -2.17. The summed E-state index contributed by atoms with van der Waals surface area (Å²) in [5.74, 6) is 0.0510. The average Bonchev–Trinajstić information content (AvgIpc) is 3.03. The summed E-state index contributed by atoms with van der Waals surface area (Å²) in [7, 11) is 0. The van der Waals surface area contributed by atoms with E-state index in [0.717, 1.165) is 9.77 Å². The second-order valence-electron chi connectivity index (χ2n) is 3.43. The van der Waals surface area contributed by atoms with Crippen molar-refractivity contribution in [1.29, 1.82) is 0 Å². The molecule has 102 valence electrons. The maximum absolute atomic E-state index is 11.5. The molecule has 9 heteroatoms. The monoisotopic (exact) mass is 300 g/mol. The first-order valence-corrected chi connectivity index (χ1v) is 7.51. The molecule has 1 N–H and O–H groups in total. The third-order valence-corrected chi connectivity index (χ3v) is 4.31. The Labute approximate surface area is 117 Å². The number of hydrogen-bond acceptors (Lipinski definition) is 8. The quantitative estimate of drug-likeness (QED) is 0.619. The van der Waals surface area contributed by atoms with E-state index in [-0.39, 0.29) is 19.8 Å². The molecule has 2 rings (SSSR count). The largest absolute Gasteiger partial charge is 0.462 e. The van der Waals surface area contributed by atoms with Gasteiger partial charge in [0.15, 0.2) is 5.82 Å². The number of tetrazole rings is 1. The van der Waals surface area contributed by atoms with E-state index >= 15 is 0 Å². The summed E-state index contributed by atoms with van der Waals surface area (Å²) in [6, 6.07) is 1.91. The molecule has 19 heavy (non-hydrogen) atoms. The lowest BCUT2D eigenvalue weighted by Gasteiger charge is -2.05. The molecule has 0 aliphatic carbocycles. The van der Waals surface area contributed by atoms with Gasteiger partial charge >= 0.3 is 5.97 Å². The van der Waals surface area contributed by atoms with Crippen LogP contribution in [-0.4, -0.2) is 50.8 Å². The molecule has 0 fully saturated rings. The normalized spacial score (nSPS) is 10.6. The van der Waals surface area contributed by atoms with Gasteiger partial charge in [-0.2, -0.15) is 0 Å². The molecule has 0 unspecified atom stereocenters. The molecule has 0 atom stereocenters. The zero-order chi connectivity index (χ0) is 13.7. The smallest absolute Gasteiger partial charge is 0.328 e. The second-order valence-corrected chi connectivity index (χ2v) is 5.42. The van der Waals surface area contributed by atoms with Crippen LogP contribution < -0.4 is 0 Å². The van der Waals surface area contributed by atoms with Gasteiger partial charge in [-0.25, -0.2) is 4.68 Å². The highest BCUT2D eigenvalue weighted by Crippen LogP contribution is 2.33. The van der Waals surface area contributed by atoms with Gasteiger partial charge in [0.25, 0.3) is 0 Å². The summed E-state index contributed by atoms with van der Waals surface area (Å²) >= 11 is 3.20. The van der Waals surface area contributed by atoms with Crippen molar-refractivity contribution in [1.82, 2.24) is 20.2 Å². The number of aliphatic hydroxyl groups is 1. The highest BCUT2D eigenvalue weighted by molar-refractivity contribution is 8.00. The fourth-order valence-electron chi connectivity index (χ4n) is 1.45. The SMILES string of the molecule is CSc1sccc1-c1nnnn1CC(=O)OCCO. The fraction of sp³-hybridized carbons (Fsp3) is 0.400. The number of hydrogen-bond donors (Lipinski definition) is 1. The first-order chi connectivity index (χ1) is 9.26. The summed E-state index contributed by atoms with van der Waals surface area (Å²) in [4.78, 5) is 11.5. The average molecular weight is 300 g/mol. The number of thioether (sulfide) groups is 1. The molecule has 0 aliphatic heterocycles. The number of rotatable bonds is 6. The van der Waals surface area contributed by atoms with Crippen LogP contribution in [0.2, 0.25) is 0 Å². The van der Waals surface area contributed by atoms with Gasteiger partial charge in [0.1, 0.15) is 13.2 Å². The van der Waals surface area contributed by atoms with Crippen molar-refractivity contribution in [3.63, 3.8) is 0 Å². The van der Waals surface area contributed by atoms with E-state index < -0.39 is 5.97 Å².